The van der Waals surface area contributed by atoms with Crippen molar-refractivity contribution in [3.8, 4) is 0 Å². The van der Waals surface area contributed by atoms with Gasteiger partial charge in [-0.25, -0.2) is 4.79 Å². The molecule has 0 bridgehead atoms. The van der Waals surface area contributed by atoms with Gasteiger partial charge < -0.3 is 14.5 Å². The summed E-state index contributed by atoms with van der Waals surface area (Å²) in [6, 6.07) is 4.40. The molecule has 1 amide bonds. The Bertz CT molecular complexity index is 579. The molecule has 0 saturated carbocycles. The lowest BCUT2D eigenvalue weighted by Gasteiger charge is -2.37. The molecule has 128 valence electrons. The molecule has 0 atom stereocenters. The van der Waals surface area contributed by atoms with Gasteiger partial charge in [0.15, 0.2) is 0 Å². The van der Waals surface area contributed by atoms with Crippen molar-refractivity contribution in [3.05, 3.63) is 26.8 Å². The van der Waals surface area contributed by atoms with Gasteiger partial charge in [-0.15, -0.1) is 0 Å². The first kappa shape index (κ1) is 18.7. The Morgan fingerprint density at radius 3 is 2.39 bits per heavy atom. The summed E-state index contributed by atoms with van der Waals surface area (Å²) in [4.78, 5) is 16.3. The van der Waals surface area contributed by atoms with Crippen LogP contribution in [0.25, 0.3) is 0 Å². The molecule has 1 aliphatic heterocycles. The third-order valence-electron chi connectivity index (χ3n) is 3.90. The molecule has 0 unspecified atom stereocenters. The summed E-state index contributed by atoms with van der Waals surface area (Å²) in [5.74, 6) is 0.744. The highest BCUT2D eigenvalue weighted by Gasteiger charge is 2.26. The van der Waals surface area contributed by atoms with Crippen LogP contribution in [0.4, 0.5) is 10.5 Å². The van der Waals surface area contributed by atoms with E-state index in [1.54, 1.807) is 4.90 Å². The lowest BCUT2D eigenvalue weighted by molar-refractivity contribution is 0.0240. The first-order chi connectivity index (χ1) is 10.7. The van der Waals surface area contributed by atoms with Crippen LogP contribution in [-0.4, -0.2) is 42.8 Å². The number of piperazine rings is 1. The summed E-state index contributed by atoms with van der Waals surface area (Å²) < 4.78 is 6.68. The van der Waals surface area contributed by atoms with E-state index in [0.29, 0.717) is 13.1 Å². The second kappa shape index (κ2) is 7.51. The Kier molecular flexibility index (Phi) is 6.10. The third-order valence-corrected chi connectivity index (χ3v) is 4.86. The number of nitrogens with zero attached hydrogens (tertiary/aromatic N) is 2. The van der Waals surface area contributed by atoms with Crippen molar-refractivity contribution >= 4 is 47.0 Å². The summed E-state index contributed by atoms with van der Waals surface area (Å²) in [6.45, 7) is 10.9. The van der Waals surface area contributed by atoms with Crippen molar-refractivity contribution in [2.75, 3.05) is 31.1 Å². The number of anilines is 1. The highest BCUT2D eigenvalue weighted by atomic mass is 127. The first-order valence-electron chi connectivity index (χ1n) is 7.84. The summed E-state index contributed by atoms with van der Waals surface area (Å²) >= 11 is 6.78. The molecule has 0 spiro atoms. The number of amides is 1. The van der Waals surface area contributed by atoms with Crippen LogP contribution in [0.3, 0.4) is 0 Å². The number of carbonyl (C=O) groups excluding carboxylic acids is 1. The maximum Gasteiger partial charge on any atom is 0.410 e. The predicted molar refractivity (Wildman–Crippen MR) is 107 cm³/mol. The fourth-order valence-electron chi connectivity index (χ4n) is 2.67. The van der Waals surface area contributed by atoms with Gasteiger partial charge in [-0.1, -0.05) is 0 Å². The summed E-state index contributed by atoms with van der Waals surface area (Å²) in [5, 5.41) is 0. The quantitative estimate of drug-likeness (QED) is 0.547. The number of thiol groups is 1. The standard InChI is InChI=1S/C17H25IN2O2S/c1-12-13(11-23)9-14(18)10-15(12)19-5-7-20(8-6-19)16(21)22-17(2,3)4/h9-10,23H,5-8,11H2,1-4H3. The van der Waals surface area contributed by atoms with E-state index in [1.807, 2.05) is 20.8 Å². The molecule has 1 heterocycles. The van der Waals surface area contributed by atoms with Gasteiger partial charge in [0.2, 0.25) is 0 Å². The van der Waals surface area contributed by atoms with Crippen LogP contribution in [0, 0.1) is 10.5 Å². The molecule has 23 heavy (non-hydrogen) atoms. The number of rotatable bonds is 2. The molecule has 0 radical (unpaired) electrons. The molecule has 1 aromatic carbocycles. The van der Waals surface area contributed by atoms with Crippen LogP contribution in [0.2, 0.25) is 0 Å². The van der Waals surface area contributed by atoms with Gasteiger partial charge in [0.1, 0.15) is 5.60 Å². The number of hydrogen-bond acceptors (Lipinski definition) is 4. The minimum Gasteiger partial charge on any atom is -0.444 e. The molecule has 2 rings (SSSR count). The number of benzene rings is 1. The normalized spacial score (nSPS) is 15.7. The Morgan fingerprint density at radius 2 is 1.87 bits per heavy atom. The molecule has 1 aliphatic rings. The van der Waals surface area contributed by atoms with E-state index in [1.165, 1.54) is 20.4 Å². The lowest BCUT2D eigenvalue weighted by Crippen LogP contribution is -2.50. The second-order valence-electron chi connectivity index (χ2n) is 6.82. The zero-order valence-corrected chi connectivity index (χ0v) is 17.3. The fraction of sp³-hybridized carbons (Fsp3) is 0.588. The zero-order chi connectivity index (χ0) is 17.2. The predicted octanol–water partition coefficient (Wildman–Crippen LogP) is 4.09. The maximum absolute atomic E-state index is 12.2. The average molecular weight is 448 g/mol. The summed E-state index contributed by atoms with van der Waals surface area (Å²) in [5.41, 5.74) is 3.36. The number of carbonyl (C=O) groups is 1. The van der Waals surface area contributed by atoms with Crippen molar-refractivity contribution in [1.29, 1.82) is 0 Å². The van der Waals surface area contributed by atoms with Crippen LogP contribution < -0.4 is 4.90 Å². The van der Waals surface area contributed by atoms with Crippen molar-refractivity contribution < 1.29 is 9.53 Å². The van der Waals surface area contributed by atoms with Crippen LogP contribution >= 0.6 is 35.2 Å². The van der Waals surface area contributed by atoms with Gasteiger partial charge in [0, 0.05) is 41.2 Å². The maximum atomic E-state index is 12.2. The van der Waals surface area contributed by atoms with E-state index < -0.39 is 5.60 Å². The molecular weight excluding hydrogens is 423 g/mol. The molecular formula is C17H25IN2O2S. The average Bonchev–Trinajstić information content (AvgIpc) is 2.47. The van der Waals surface area contributed by atoms with E-state index in [-0.39, 0.29) is 6.09 Å². The zero-order valence-electron chi connectivity index (χ0n) is 14.2. The van der Waals surface area contributed by atoms with Gasteiger partial charge >= 0.3 is 6.09 Å². The van der Waals surface area contributed by atoms with Crippen molar-refractivity contribution in [3.63, 3.8) is 0 Å². The minimum atomic E-state index is -0.443. The van der Waals surface area contributed by atoms with E-state index in [4.69, 9.17) is 4.74 Å². The van der Waals surface area contributed by atoms with Gasteiger partial charge in [-0.2, -0.15) is 12.6 Å². The molecule has 1 aromatic rings. The topological polar surface area (TPSA) is 32.8 Å². The molecule has 0 aliphatic carbocycles. The molecule has 4 nitrogen and oxygen atoms in total. The van der Waals surface area contributed by atoms with Crippen LogP contribution in [0.15, 0.2) is 12.1 Å². The first-order valence-corrected chi connectivity index (χ1v) is 9.55. The molecule has 0 N–H and O–H groups in total. The minimum absolute atomic E-state index is 0.215. The Balaban J connectivity index is 2.05. The Hall–Kier alpha value is -0.630. The summed E-state index contributed by atoms with van der Waals surface area (Å²) in [7, 11) is 0. The SMILES string of the molecule is Cc1c(CS)cc(I)cc1N1CCN(C(=O)OC(C)(C)C)CC1. The van der Waals surface area contributed by atoms with Gasteiger partial charge in [0.05, 0.1) is 0 Å². The second-order valence-corrected chi connectivity index (χ2v) is 8.38. The Morgan fingerprint density at radius 1 is 1.26 bits per heavy atom. The number of halogens is 1. The van der Waals surface area contributed by atoms with Gasteiger partial charge in [0.25, 0.3) is 0 Å². The highest BCUT2D eigenvalue weighted by molar-refractivity contribution is 14.1. The van der Waals surface area contributed by atoms with E-state index in [0.717, 1.165) is 18.8 Å². The summed E-state index contributed by atoms with van der Waals surface area (Å²) in [6.07, 6.45) is -0.215. The van der Waals surface area contributed by atoms with E-state index in [2.05, 4.69) is 59.2 Å². The fourth-order valence-corrected chi connectivity index (χ4v) is 3.67. The van der Waals surface area contributed by atoms with Crippen molar-refractivity contribution in [2.45, 2.75) is 39.0 Å². The highest BCUT2D eigenvalue weighted by Crippen LogP contribution is 2.28. The number of hydrogen-bond donors (Lipinski definition) is 1. The monoisotopic (exact) mass is 448 g/mol. The van der Waals surface area contributed by atoms with Gasteiger partial charge in [-0.3, -0.25) is 0 Å². The van der Waals surface area contributed by atoms with Gasteiger partial charge in [-0.05, 0) is 73.5 Å². The molecule has 1 saturated heterocycles. The third kappa shape index (κ3) is 4.92. The van der Waals surface area contributed by atoms with Crippen molar-refractivity contribution in [1.82, 2.24) is 4.90 Å². The smallest absolute Gasteiger partial charge is 0.410 e. The molecule has 1 fully saturated rings. The van der Waals surface area contributed by atoms with Crippen LogP contribution in [-0.2, 0) is 10.5 Å². The van der Waals surface area contributed by atoms with E-state index in [9.17, 15) is 4.79 Å². The van der Waals surface area contributed by atoms with E-state index >= 15 is 0 Å². The molecule has 0 aromatic heterocycles. The number of ether oxygens (including phenoxy) is 1. The van der Waals surface area contributed by atoms with Crippen LogP contribution in [0.5, 0.6) is 0 Å². The van der Waals surface area contributed by atoms with Crippen LogP contribution in [0.1, 0.15) is 31.9 Å². The molecule has 6 heteroatoms. The largest absolute Gasteiger partial charge is 0.444 e. The lowest BCUT2D eigenvalue weighted by atomic mass is 10.1. The van der Waals surface area contributed by atoms with Crippen molar-refractivity contribution in [2.24, 2.45) is 0 Å². The Labute approximate surface area is 158 Å².